The molecule has 0 unspecified atom stereocenters. The molecule has 1 aromatic carbocycles. The maximum absolute atomic E-state index is 11.6. The van der Waals surface area contributed by atoms with Crippen LogP contribution in [0.2, 0.25) is 10.0 Å². The minimum Gasteiger partial charge on any atom is -0.506 e. The highest BCUT2D eigenvalue weighted by Gasteiger charge is 2.44. The summed E-state index contributed by atoms with van der Waals surface area (Å²) >= 11 is 11.1. The average Bonchev–Trinajstić information content (AvgIpc) is 2.35. The molecule has 1 atom stereocenters. The van der Waals surface area contributed by atoms with Gasteiger partial charge in [-0.25, -0.2) is 0 Å². The molecule has 6 nitrogen and oxygen atoms in total. The molecule has 1 aromatic rings. The first-order chi connectivity index (χ1) is 8.29. The number of hydrogen-bond acceptors (Lipinski definition) is 6. The lowest BCUT2D eigenvalue weighted by molar-refractivity contribution is -0.120. The standard InChI is InChI=1S/C10H4Cl2O6/c11-3-4(12)6(14)2-1(5(3)13)7(15)9(17)10(18)8(2)16/h9,13-14,17H/t9-/m1/s1. The van der Waals surface area contributed by atoms with Crippen molar-refractivity contribution in [2.45, 2.75) is 6.10 Å². The number of fused-ring (bicyclic) bond motifs is 1. The Bertz CT molecular complexity index is 622. The first kappa shape index (κ1) is 12.8. The molecular weight excluding hydrogens is 287 g/mol. The molecule has 18 heavy (non-hydrogen) atoms. The van der Waals surface area contributed by atoms with Crippen molar-refractivity contribution >= 4 is 40.6 Å². The van der Waals surface area contributed by atoms with Gasteiger partial charge in [0.05, 0.1) is 11.1 Å². The summed E-state index contributed by atoms with van der Waals surface area (Å²) in [6.45, 7) is 0. The maximum atomic E-state index is 11.6. The van der Waals surface area contributed by atoms with Gasteiger partial charge in [0.15, 0.2) is 6.10 Å². The summed E-state index contributed by atoms with van der Waals surface area (Å²) in [5.74, 6) is -5.68. The number of benzene rings is 1. The highest BCUT2D eigenvalue weighted by molar-refractivity contribution is 6.55. The Morgan fingerprint density at radius 3 is 1.78 bits per heavy atom. The second-order valence-electron chi connectivity index (χ2n) is 3.54. The molecule has 94 valence electrons. The summed E-state index contributed by atoms with van der Waals surface area (Å²) in [5.41, 5.74) is -1.46. The largest absolute Gasteiger partial charge is 0.506 e. The molecule has 0 spiro atoms. The third-order valence-corrected chi connectivity index (χ3v) is 3.36. The van der Waals surface area contributed by atoms with Crippen LogP contribution in [0.15, 0.2) is 0 Å². The molecule has 0 saturated carbocycles. The van der Waals surface area contributed by atoms with E-state index < -0.39 is 56.1 Å². The lowest BCUT2D eigenvalue weighted by Gasteiger charge is -2.20. The number of carbonyl (C=O) groups excluding carboxylic acids is 3. The van der Waals surface area contributed by atoms with Gasteiger partial charge in [-0.3, -0.25) is 14.4 Å². The average molecular weight is 291 g/mol. The minimum atomic E-state index is -2.22. The number of hydrogen-bond donors (Lipinski definition) is 3. The van der Waals surface area contributed by atoms with Gasteiger partial charge in [0.1, 0.15) is 21.5 Å². The van der Waals surface area contributed by atoms with Crippen LogP contribution in [0.3, 0.4) is 0 Å². The number of phenolic OH excluding ortho intramolecular Hbond substituents is 2. The number of Topliss-reactive ketones (excluding diaryl/α,β-unsaturated/α-hetero) is 3. The number of aliphatic hydroxyl groups is 1. The number of aliphatic hydroxyl groups excluding tert-OH is 1. The van der Waals surface area contributed by atoms with Crippen molar-refractivity contribution < 1.29 is 29.7 Å². The lowest BCUT2D eigenvalue weighted by Crippen LogP contribution is -2.41. The van der Waals surface area contributed by atoms with Crippen molar-refractivity contribution in [2.24, 2.45) is 0 Å². The predicted molar refractivity (Wildman–Crippen MR) is 59.5 cm³/mol. The van der Waals surface area contributed by atoms with Crippen LogP contribution in [0.4, 0.5) is 0 Å². The first-order valence-electron chi connectivity index (χ1n) is 4.52. The smallest absolute Gasteiger partial charge is 0.239 e. The van der Waals surface area contributed by atoms with Crippen LogP contribution >= 0.6 is 23.2 Å². The molecule has 0 aromatic heterocycles. The van der Waals surface area contributed by atoms with Gasteiger partial charge in [-0.05, 0) is 0 Å². The van der Waals surface area contributed by atoms with Crippen LogP contribution < -0.4 is 0 Å². The summed E-state index contributed by atoms with van der Waals surface area (Å²) in [4.78, 5) is 34.5. The van der Waals surface area contributed by atoms with Gasteiger partial charge >= 0.3 is 0 Å². The molecule has 8 heteroatoms. The minimum absolute atomic E-state index is 0.546. The van der Waals surface area contributed by atoms with Crippen molar-refractivity contribution in [1.29, 1.82) is 0 Å². The number of phenols is 2. The van der Waals surface area contributed by atoms with Gasteiger partial charge < -0.3 is 15.3 Å². The normalized spacial score (nSPS) is 19.1. The zero-order chi connectivity index (χ0) is 13.8. The number of ketones is 3. The lowest BCUT2D eigenvalue weighted by atomic mass is 9.85. The first-order valence-corrected chi connectivity index (χ1v) is 5.28. The Balaban J connectivity index is 2.94. The Morgan fingerprint density at radius 2 is 1.28 bits per heavy atom. The van der Waals surface area contributed by atoms with Gasteiger partial charge in [-0.2, -0.15) is 0 Å². The highest BCUT2D eigenvalue weighted by atomic mass is 35.5. The fourth-order valence-electron chi connectivity index (χ4n) is 1.63. The van der Waals surface area contributed by atoms with Crippen LogP contribution in [0.25, 0.3) is 0 Å². The number of rotatable bonds is 0. The maximum Gasteiger partial charge on any atom is 0.239 e. The zero-order valence-corrected chi connectivity index (χ0v) is 9.91. The van der Waals surface area contributed by atoms with E-state index in [4.69, 9.17) is 23.2 Å². The van der Waals surface area contributed by atoms with Gasteiger partial charge in [-0.15, -0.1) is 0 Å². The highest BCUT2D eigenvalue weighted by Crippen LogP contribution is 2.45. The molecule has 3 N–H and O–H groups in total. The molecule has 0 heterocycles. The van der Waals surface area contributed by atoms with E-state index in [0.29, 0.717) is 0 Å². The van der Waals surface area contributed by atoms with Crippen LogP contribution in [-0.2, 0) is 4.79 Å². The van der Waals surface area contributed by atoms with E-state index >= 15 is 0 Å². The topological polar surface area (TPSA) is 112 Å². The molecule has 0 amide bonds. The van der Waals surface area contributed by atoms with Crippen molar-refractivity contribution in [1.82, 2.24) is 0 Å². The Morgan fingerprint density at radius 1 is 0.833 bits per heavy atom. The molecule has 0 bridgehead atoms. The molecule has 0 aliphatic heterocycles. The zero-order valence-electron chi connectivity index (χ0n) is 8.40. The summed E-state index contributed by atoms with van der Waals surface area (Å²) in [5, 5.41) is 27.4. The Labute approximate surface area is 109 Å². The third kappa shape index (κ3) is 1.43. The molecule has 2 rings (SSSR count). The molecule has 0 fully saturated rings. The van der Waals surface area contributed by atoms with Gasteiger partial charge in [0.2, 0.25) is 17.3 Å². The molecular formula is C10H4Cl2O6. The van der Waals surface area contributed by atoms with E-state index in [1.165, 1.54) is 0 Å². The number of carbonyl (C=O) groups is 3. The van der Waals surface area contributed by atoms with E-state index in [1.54, 1.807) is 0 Å². The van der Waals surface area contributed by atoms with Crippen LogP contribution in [0, 0.1) is 0 Å². The quantitative estimate of drug-likeness (QED) is 0.369. The van der Waals surface area contributed by atoms with Crippen molar-refractivity contribution in [2.75, 3.05) is 0 Å². The summed E-state index contributed by atoms with van der Waals surface area (Å²) in [6.07, 6.45) is -2.22. The monoisotopic (exact) mass is 290 g/mol. The second-order valence-corrected chi connectivity index (χ2v) is 4.29. The van der Waals surface area contributed by atoms with Crippen molar-refractivity contribution in [3.63, 3.8) is 0 Å². The summed E-state index contributed by atoms with van der Waals surface area (Å²) < 4.78 is 0. The molecule has 0 saturated heterocycles. The van der Waals surface area contributed by atoms with Gasteiger partial charge in [0, 0.05) is 0 Å². The molecule has 1 aliphatic carbocycles. The summed E-state index contributed by atoms with van der Waals surface area (Å²) in [6, 6.07) is 0. The van der Waals surface area contributed by atoms with E-state index in [1.807, 2.05) is 0 Å². The summed E-state index contributed by atoms with van der Waals surface area (Å²) in [7, 11) is 0. The Hall–Kier alpha value is -1.63. The predicted octanol–water partition coefficient (Wildman–Crippen LogP) is 0.714. The fraction of sp³-hybridized carbons (Fsp3) is 0.100. The van der Waals surface area contributed by atoms with Crippen LogP contribution in [0.1, 0.15) is 20.7 Å². The van der Waals surface area contributed by atoms with E-state index in [2.05, 4.69) is 0 Å². The van der Waals surface area contributed by atoms with Crippen LogP contribution in [-0.4, -0.2) is 38.8 Å². The van der Waals surface area contributed by atoms with Crippen molar-refractivity contribution in [3.8, 4) is 11.5 Å². The van der Waals surface area contributed by atoms with Gasteiger partial charge in [-0.1, -0.05) is 23.2 Å². The van der Waals surface area contributed by atoms with E-state index in [9.17, 15) is 29.7 Å². The SMILES string of the molecule is O=C1C(=O)[C@H](O)C(=O)c2c(O)c(Cl)c(Cl)c(O)c21. The fourth-order valence-corrected chi connectivity index (χ4v) is 2.00. The van der Waals surface area contributed by atoms with E-state index in [0.717, 1.165) is 0 Å². The Kier molecular flexibility index (Phi) is 2.81. The third-order valence-electron chi connectivity index (χ3n) is 2.53. The number of aromatic hydroxyl groups is 2. The van der Waals surface area contributed by atoms with Gasteiger partial charge in [0.25, 0.3) is 0 Å². The van der Waals surface area contributed by atoms with Crippen molar-refractivity contribution in [3.05, 3.63) is 21.2 Å². The second kappa shape index (κ2) is 3.94. The van der Waals surface area contributed by atoms with E-state index in [-0.39, 0.29) is 0 Å². The van der Waals surface area contributed by atoms with Crippen LogP contribution in [0.5, 0.6) is 11.5 Å². The number of halogens is 2. The molecule has 0 radical (unpaired) electrons. The molecule has 1 aliphatic rings.